The average molecular weight is 419 g/mol. The molecule has 3 atom stereocenters. The van der Waals surface area contributed by atoms with Crippen molar-refractivity contribution in [1.82, 2.24) is 5.32 Å². The number of carbonyl (C=O) groups is 2. The first-order chi connectivity index (χ1) is 13.5. The summed E-state index contributed by atoms with van der Waals surface area (Å²) in [5, 5.41) is 7.02. The van der Waals surface area contributed by atoms with Crippen LogP contribution in [-0.4, -0.2) is 31.1 Å². The maximum Gasteiger partial charge on any atom is 0.238 e. The van der Waals surface area contributed by atoms with Gasteiger partial charge in [0, 0.05) is 34.8 Å². The Morgan fingerprint density at radius 3 is 2.68 bits per heavy atom. The lowest BCUT2D eigenvalue weighted by atomic mass is 9.64. The molecule has 2 amide bonds. The molecule has 2 aliphatic heterocycles. The van der Waals surface area contributed by atoms with E-state index >= 15 is 0 Å². The number of hydrogen-bond acceptors (Lipinski definition) is 3. The Morgan fingerprint density at radius 2 is 1.93 bits per heavy atom. The molecular formula is C21H20Cl2N2O3. The summed E-state index contributed by atoms with van der Waals surface area (Å²) in [6.45, 7) is 2.55. The van der Waals surface area contributed by atoms with Gasteiger partial charge in [-0.15, -0.1) is 0 Å². The first-order valence-corrected chi connectivity index (χ1v) is 9.97. The summed E-state index contributed by atoms with van der Waals surface area (Å²) in [6, 6.07) is 12.8. The Balaban J connectivity index is 1.98. The fourth-order valence-electron chi connectivity index (χ4n) is 4.49. The monoisotopic (exact) mass is 418 g/mol. The molecule has 1 spiro atoms. The molecule has 1 fully saturated rings. The number of amides is 2. The van der Waals surface area contributed by atoms with Gasteiger partial charge in [-0.3, -0.25) is 9.59 Å². The lowest BCUT2D eigenvalue weighted by molar-refractivity contribution is -0.130. The van der Waals surface area contributed by atoms with Gasteiger partial charge in [0.15, 0.2) is 0 Å². The maximum absolute atomic E-state index is 13.5. The Morgan fingerprint density at radius 1 is 1.14 bits per heavy atom. The number of hydrogen-bond donors (Lipinski definition) is 2. The van der Waals surface area contributed by atoms with E-state index in [1.165, 1.54) is 0 Å². The molecule has 4 rings (SSSR count). The molecular weight excluding hydrogens is 399 g/mol. The van der Waals surface area contributed by atoms with Gasteiger partial charge in [-0.05, 0) is 42.3 Å². The highest BCUT2D eigenvalue weighted by molar-refractivity contribution is 6.31. The molecule has 2 N–H and O–H groups in total. The SMILES string of the molecule is CCO[C@@H]1CC(=O)NC[C@H](c2cccc(Cl)c2)[C@@]12C(=O)Nc1cc(Cl)ccc12. The van der Waals surface area contributed by atoms with Gasteiger partial charge in [0.2, 0.25) is 11.8 Å². The summed E-state index contributed by atoms with van der Waals surface area (Å²) in [7, 11) is 0. The predicted molar refractivity (Wildman–Crippen MR) is 109 cm³/mol. The van der Waals surface area contributed by atoms with Crippen molar-refractivity contribution in [3.8, 4) is 0 Å². The van der Waals surface area contributed by atoms with E-state index in [1.54, 1.807) is 18.2 Å². The number of ether oxygens (including phenoxy) is 1. The molecule has 1 saturated heterocycles. The fraction of sp³-hybridized carbons (Fsp3) is 0.333. The Labute approximate surface area is 173 Å². The van der Waals surface area contributed by atoms with Crippen LogP contribution in [0.15, 0.2) is 42.5 Å². The molecule has 7 heteroatoms. The second-order valence-electron chi connectivity index (χ2n) is 7.07. The van der Waals surface area contributed by atoms with Crippen molar-refractivity contribution in [2.75, 3.05) is 18.5 Å². The summed E-state index contributed by atoms with van der Waals surface area (Å²) in [4.78, 5) is 26.0. The number of benzene rings is 2. The van der Waals surface area contributed by atoms with Crippen molar-refractivity contribution in [2.45, 2.75) is 30.8 Å². The van der Waals surface area contributed by atoms with Crippen LogP contribution in [0.4, 0.5) is 5.69 Å². The van der Waals surface area contributed by atoms with Gasteiger partial charge in [0.05, 0.1) is 12.5 Å². The van der Waals surface area contributed by atoms with E-state index in [0.29, 0.717) is 28.9 Å². The first kappa shape index (κ1) is 19.2. The number of nitrogens with one attached hydrogen (secondary N) is 2. The second kappa shape index (κ2) is 7.39. The molecule has 0 aromatic heterocycles. The minimum Gasteiger partial charge on any atom is -0.376 e. The standard InChI is InChI=1S/C21H20Cl2N2O3/c1-2-28-18-10-19(26)24-11-16(12-4-3-5-13(22)8-12)21(18)15-7-6-14(23)9-17(15)25-20(21)27/h3-9,16,18H,2,10-11H2,1H3,(H,24,26)(H,25,27)/t16-,18-,21-/m1/s1. The molecule has 0 radical (unpaired) electrons. The quantitative estimate of drug-likeness (QED) is 0.793. The third kappa shape index (κ3) is 2.98. The van der Waals surface area contributed by atoms with Crippen LogP contribution in [0.1, 0.15) is 30.4 Å². The minimum atomic E-state index is -1.07. The number of carbonyl (C=O) groups excluding carboxylic acids is 2. The van der Waals surface area contributed by atoms with Crippen LogP contribution in [0.5, 0.6) is 0 Å². The lowest BCUT2D eigenvalue weighted by Gasteiger charge is -2.40. The second-order valence-corrected chi connectivity index (χ2v) is 7.95. The van der Waals surface area contributed by atoms with Crippen LogP contribution >= 0.6 is 23.2 Å². The summed E-state index contributed by atoms with van der Waals surface area (Å²) < 4.78 is 6.02. The van der Waals surface area contributed by atoms with Crippen LogP contribution in [0, 0.1) is 0 Å². The fourth-order valence-corrected chi connectivity index (χ4v) is 4.86. The summed E-state index contributed by atoms with van der Waals surface area (Å²) >= 11 is 12.4. The minimum absolute atomic E-state index is 0.0976. The molecule has 146 valence electrons. The van der Waals surface area contributed by atoms with Crippen LogP contribution in [0.2, 0.25) is 10.0 Å². The van der Waals surface area contributed by atoms with Crippen LogP contribution < -0.4 is 10.6 Å². The molecule has 2 aromatic rings. The van der Waals surface area contributed by atoms with E-state index in [2.05, 4.69) is 10.6 Å². The van der Waals surface area contributed by atoms with Crippen molar-refractivity contribution in [3.63, 3.8) is 0 Å². The highest BCUT2D eigenvalue weighted by Crippen LogP contribution is 2.52. The third-order valence-electron chi connectivity index (χ3n) is 5.60. The van der Waals surface area contributed by atoms with E-state index in [9.17, 15) is 9.59 Å². The molecule has 2 heterocycles. The number of anilines is 1. The highest BCUT2D eigenvalue weighted by Gasteiger charge is 2.59. The predicted octanol–water partition coefficient (Wildman–Crippen LogP) is 3.89. The van der Waals surface area contributed by atoms with Gasteiger partial charge in [-0.2, -0.15) is 0 Å². The molecule has 28 heavy (non-hydrogen) atoms. The molecule has 2 aliphatic rings. The van der Waals surface area contributed by atoms with Gasteiger partial charge < -0.3 is 15.4 Å². The lowest BCUT2D eigenvalue weighted by Crippen LogP contribution is -2.51. The molecule has 0 aliphatic carbocycles. The maximum atomic E-state index is 13.5. The Hall–Kier alpha value is -2.08. The Bertz CT molecular complexity index is 949. The van der Waals surface area contributed by atoms with Gasteiger partial charge >= 0.3 is 0 Å². The summed E-state index contributed by atoms with van der Waals surface area (Å²) in [5.74, 6) is -0.682. The largest absolute Gasteiger partial charge is 0.376 e. The van der Waals surface area contributed by atoms with Gasteiger partial charge in [0.25, 0.3) is 0 Å². The number of fused-ring (bicyclic) bond motifs is 2. The van der Waals surface area contributed by atoms with E-state index < -0.39 is 11.5 Å². The molecule has 5 nitrogen and oxygen atoms in total. The topological polar surface area (TPSA) is 67.4 Å². The smallest absolute Gasteiger partial charge is 0.238 e. The van der Waals surface area contributed by atoms with E-state index in [1.807, 2.05) is 31.2 Å². The third-order valence-corrected chi connectivity index (χ3v) is 6.07. The number of halogens is 2. The summed E-state index contributed by atoms with van der Waals surface area (Å²) in [6.07, 6.45) is -0.521. The Kier molecular flexibility index (Phi) is 5.08. The van der Waals surface area contributed by atoms with Crippen LogP contribution in [0.25, 0.3) is 0 Å². The van der Waals surface area contributed by atoms with Crippen molar-refractivity contribution < 1.29 is 14.3 Å². The molecule has 2 aromatic carbocycles. The van der Waals surface area contributed by atoms with Crippen LogP contribution in [0.3, 0.4) is 0 Å². The van der Waals surface area contributed by atoms with Gasteiger partial charge in [-0.25, -0.2) is 0 Å². The van der Waals surface area contributed by atoms with Crippen molar-refractivity contribution >= 4 is 40.7 Å². The van der Waals surface area contributed by atoms with E-state index in [-0.39, 0.29) is 24.2 Å². The number of rotatable bonds is 3. The zero-order valence-corrected chi connectivity index (χ0v) is 16.8. The molecule has 0 saturated carbocycles. The average Bonchev–Trinajstić information content (AvgIpc) is 2.84. The normalized spacial score (nSPS) is 26.5. The van der Waals surface area contributed by atoms with Crippen molar-refractivity contribution in [1.29, 1.82) is 0 Å². The zero-order chi connectivity index (χ0) is 19.9. The molecule has 0 unspecified atom stereocenters. The van der Waals surface area contributed by atoms with Gasteiger partial charge in [0.1, 0.15) is 5.41 Å². The van der Waals surface area contributed by atoms with Crippen molar-refractivity contribution in [3.05, 3.63) is 63.6 Å². The van der Waals surface area contributed by atoms with E-state index in [4.69, 9.17) is 27.9 Å². The summed E-state index contributed by atoms with van der Waals surface area (Å²) in [5.41, 5.74) is 1.25. The van der Waals surface area contributed by atoms with Gasteiger partial charge in [-0.1, -0.05) is 41.4 Å². The first-order valence-electron chi connectivity index (χ1n) is 9.22. The van der Waals surface area contributed by atoms with Crippen LogP contribution in [-0.2, 0) is 19.7 Å². The van der Waals surface area contributed by atoms with Crippen molar-refractivity contribution in [2.24, 2.45) is 0 Å². The zero-order valence-electron chi connectivity index (χ0n) is 15.3. The highest BCUT2D eigenvalue weighted by atomic mass is 35.5. The molecule has 0 bridgehead atoms. The van der Waals surface area contributed by atoms with E-state index in [0.717, 1.165) is 11.1 Å².